The molecule has 0 fully saturated rings. The van der Waals surface area contributed by atoms with Crippen LogP contribution in [0.4, 0.5) is 0 Å². The molecular weight excluding hydrogens is 220 g/mol. The van der Waals surface area contributed by atoms with Crippen LogP contribution in [-0.4, -0.2) is 29.4 Å². The Morgan fingerprint density at radius 1 is 1.47 bits per heavy atom. The van der Waals surface area contributed by atoms with Gasteiger partial charge in [-0.25, -0.2) is 0 Å². The van der Waals surface area contributed by atoms with Gasteiger partial charge in [-0.1, -0.05) is 18.2 Å². The van der Waals surface area contributed by atoms with Crippen molar-refractivity contribution in [3.63, 3.8) is 0 Å². The predicted octanol–water partition coefficient (Wildman–Crippen LogP) is -1.16. The summed E-state index contributed by atoms with van der Waals surface area (Å²) in [5, 5.41) is 10.2. The highest BCUT2D eigenvalue weighted by Crippen LogP contribution is 2.07. The minimum absolute atomic E-state index is 0.0424. The quantitative estimate of drug-likeness (QED) is 0.687. The molecule has 0 spiro atoms. The Balaban J connectivity index is 2.53. The Labute approximate surface area is 97.3 Å². The van der Waals surface area contributed by atoms with Crippen LogP contribution in [0.1, 0.15) is 6.42 Å². The molecule has 88 valence electrons. The van der Waals surface area contributed by atoms with Crippen LogP contribution in [-0.2, 0) is 9.59 Å². The summed E-state index contributed by atoms with van der Waals surface area (Å²) < 4.78 is 0. The molecule has 0 saturated heterocycles. The van der Waals surface area contributed by atoms with Crippen molar-refractivity contribution < 1.29 is 14.7 Å². The Morgan fingerprint density at radius 3 is 2.88 bits per heavy atom. The van der Waals surface area contributed by atoms with Crippen molar-refractivity contribution in [2.24, 2.45) is 10.7 Å². The highest BCUT2D eigenvalue weighted by Gasteiger charge is 2.20. The second-order valence-electron chi connectivity index (χ2n) is 3.88. The fourth-order valence-electron chi connectivity index (χ4n) is 1.80. The average molecular weight is 232 g/mol. The number of carboxylic acid groups (broad SMARTS) is 1. The van der Waals surface area contributed by atoms with Crippen LogP contribution in [0.25, 0.3) is 5.57 Å². The topological polar surface area (TPSA) is 92.8 Å². The lowest BCUT2D eigenvalue weighted by Crippen LogP contribution is -2.39. The van der Waals surface area contributed by atoms with Crippen molar-refractivity contribution in [1.82, 2.24) is 0 Å². The number of aliphatic carboxylic acids is 1. The Bertz CT molecular complexity index is 592. The summed E-state index contributed by atoms with van der Waals surface area (Å²) in [6.07, 6.45) is 0.0424. The van der Waals surface area contributed by atoms with E-state index in [0.717, 1.165) is 5.36 Å². The summed E-state index contributed by atoms with van der Waals surface area (Å²) in [6, 6.07) is 6.13. The number of ketones is 1. The number of hydrogen-bond acceptors (Lipinski definition) is 4. The molecule has 0 bridgehead atoms. The fourth-order valence-corrected chi connectivity index (χ4v) is 1.80. The fraction of sp³-hybridized carbons (Fsp3) is 0.250. The maximum Gasteiger partial charge on any atom is 0.320 e. The van der Waals surface area contributed by atoms with E-state index in [4.69, 9.17) is 10.8 Å². The summed E-state index contributed by atoms with van der Waals surface area (Å²) >= 11 is 0. The van der Waals surface area contributed by atoms with Gasteiger partial charge in [-0.3, -0.25) is 14.6 Å². The molecule has 0 aromatic heterocycles. The number of para-hydroxylation sites is 1. The smallest absolute Gasteiger partial charge is 0.320 e. The van der Waals surface area contributed by atoms with Gasteiger partial charge in [-0.15, -0.1) is 0 Å². The molecular formula is C12H12N2O3. The molecule has 1 aliphatic rings. The van der Waals surface area contributed by atoms with Crippen LogP contribution in [0.2, 0.25) is 0 Å². The van der Waals surface area contributed by atoms with Crippen LogP contribution in [0, 0.1) is 0 Å². The van der Waals surface area contributed by atoms with Crippen LogP contribution < -0.4 is 16.3 Å². The molecule has 1 aliphatic heterocycles. The lowest BCUT2D eigenvalue weighted by atomic mass is 9.98. The molecule has 5 nitrogen and oxygen atoms in total. The van der Waals surface area contributed by atoms with Gasteiger partial charge in [-0.2, -0.15) is 0 Å². The van der Waals surface area contributed by atoms with Gasteiger partial charge in [0.1, 0.15) is 12.6 Å². The lowest BCUT2D eigenvalue weighted by molar-refractivity contribution is -0.138. The molecule has 5 heteroatoms. The molecule has 1 atom stereocenters. The van der Waals surface area contributed by atoms with E-state index in [9.17, 15) is 9.59 Å². The zero-order valence-corrected chi connectivity index (χ0v) is 9.09. The first-order valence-corrected chi connectivity index (χ1v) is 5.24. The molecule has 1 aromatic rings. The van der Waals surface area contributed by atoms with Gasteiger partial charge in [0.2, 0.25) is 0 Å². The van der Waals surface area contributed by atoms with Crippen molar-refractivity contribution in [3.05, 3.63) is 34.8 Å². The van der Waals surface area contributed by atoms with Gasteiger partial charge in [-0.05, 0) is 6.07 Å². The minimum atomic E-state index is -1.11. The molecule has 1 aromatic carbocycles. The Kier molecular flexibility index (Phi) is 3.01. The number of carboxylic acids is 1. The van der Waals surface area contributed by atoms with Crippen LogP contribution in [0.15, 0.2) is 29.3 Å². The standard InChI is InChI=1S/C12H12N2O3/c13-9(12(16)17)5-8-7-3-1-2-4-10(7)14-6-11(8)15/h1-4,9H,5-6,13H2,(H,16,17). The molecule has 0 amide bonds. The normalized spacial score (nSPS) is 16.1. The van der Waals surface area contributed by atoms with Crippen molar-refractivity contribution in [3.8, 4) is 0 Å². The highest BCUT2D eigenvalue weighted by atomic mass is 16.4. The molecule has 0 saturated carbocycles. The van der Waals surface area contributed by atoms with E-state index in [0.29, 0.717) is 10.8 Å². The van der Waals surface area contributed by atoms with Crippen molar-refractivity contribution in [2.45, 2.75) is 12.5 Å². The molecule has 0 aliphatic carbocycles. The van der Waals surface area contributed by atoms with Gasteiger partial charge in [0.15, 0.2) is 5.78 Å². The number of fused-ring (bicyclic) bond motifs is 1. The van der Waals surface area contributed by atoms with E-state index in [-0.39, 0.29) is 18.7 Å². The predicted molar refractivity (Wildman–Crippen MR) is 60.7 cm³/mol. The SMILES string of the molecule is NC(CC1=c2ccccc2=NCC1=O)C(=O)O. The third-order valence-electron chi connectivity index (χ3n) is 2.70. The lowest BCUT2D eigenvalue weighted by Gasteiger charge is -2.12. The van der Waals surface area contributed by atoms with Gasteiger partial charge in [0, 0.05) is 17.2 Å². The first-order valence-electron chi connectivity index (χ1n) is 5.24. The third-order valence-corrected chi connectivity index (χ3v) is 2.70. The van der Waals surface area contributed by atoms with Crippen LogP contribution in [0.5, 0.6) is 0 Å². The van der Waals surface area contributed by atoms with Crippen molar-refractivity contribution in [1.29, 1.82) is 0 Å². The zero-order chi connectivity index (χ0) is 12.4. The Morgan fingerprint density at radius 2 is 2.18 bits per heavy atom. The third kappa shape index (κ3) is 2.24. The van der Waals surface area contributed by atoms with Crippen LogP contribution >= 0.6 is 0 Å². The van der Waals surface area contributed by atoms with Crippen molar-refractivity contribution in [2.75, 3.05) is 6.54 Å². The number of carbonyl (C=O) groups excluding carboxylic acids is 1. The molecule has 1 unspecified atom stereocenters. The highest BCUT2D eigenvalue weighted by molar-refractivity contribution is 6.16. The molecule has 1 heterocycles. The first-order chi connectivity index (χ1) is 8.09. The number of rotatable bonds is 3. The first kappa shape index (κ1) is 11.5. The number of carbonyl (C=O) groups is 2. The van der Waals surface area contributed by atoms with Gasteiger partial charge >= 0.3 is 5.97 Å². The van der Waals surface area contributed by atoms with E-state index in [2.05, 4.69) is 4.99 Å². The van der Waals surface area contributed by atoms with E-state index >= 15 is 0 Å². The summed E-state index contributed by atoms with van der Waals surface area (Å²) in [5.41, 5.74) is 5.93. The van der Waals surface area contributed by atoms with E-state index < -0.39 is 12.0 Å². The number of benzene rings is 1. The number of nitrogens with zero attached hydrogens (tertiary/aromatic N) is 1. The second kappa shape index (κ2) is 4.47. The number of Topliss-reactive ketones (excluding diaryl/α,β-unsaturated/α-hetero) is 1. The Hall–Kier alpha value is -2.01. The summed E-state index contributed by atoms with van der Waals surface area (Å²) in [7, 11) is 0. The van der Waals surface area contributed by atoms with Crippen molar-refractivity contribution >= 4 is 17.3 Å². The van der Waals surface area contributed by atoms with Gasteiger partial charge in [0.05, 0.1) is 5.36 Å². The van der Waals surface area contributed by atoms with Gasteiger partial charge < -0.3 is 10.8 Å². The maximum absolute atomic E-state index is 11.7. The zero-order valence-electron chi connectivity index (χ0n) is 9.09. The maximum atomic E-state index is 11.7. The molecule has 2 rings (SSSR count). The molecule has 0 radical (unpaired) electrons. The molecule has 17 heavy (non-hydrogen) atoms. The second-order valence-corrected chi connectivity index (χ2v) is 3.88. The number of hydrogen-bond donors (Lipinski definition) is 2. The summed E-state index contributed by atoms with van der Waals surface area (Å²) in [5.74, 6) is -1.26. The van der Waals surface area contributed by atoms with E-state index in [1.165, 1.54) is 0 Å². The van der Waals surface area contributed by atoms with E-state index in [1.807, 2.05) is 6.07 Å². The minimum Gasteiger partial charge on any atom is -0.480 e. The summed E-state index contributed by atoms with van der Waals surface area (Å²) in [6.45, 7) is 0.0681. The van der Waals surface area contributed by atoms with E-state index in [1.54, 1.807) is 18.2 Å². The number of nitrogens with two attached hydrogens (primary N) is 1. The molecule has 3 N–H and O–H groups in total. The average Bonchev–Trinajstić information content (AvgIpc) is 2.32. The van der Waals surface area contributed by atoms with Crippen LogP contribution in [0.3, 0.4) is 0 Å². The summed E-state index contributed by atoms with van der Waals surface area (Å²) in [4.78, 5) is 26.6. The van der Waals surface area contributed by atoms with Gasteiger partial charge in [0.25, 0.3) is 0 Å². The largest absolute Gasteiger partial charge is 0.480 e. The monoisotopic (exact) mass is 232 g/mol.